The van der Waals surface area contributed by atoms with Gasteiger partial charge in [-0.15, -0.1) is 0 Å². The van der Waals surface area contributed by atoms with Crippen molar-refractivity contribution >= 4 is 11.2 Å². The standard InChI is InChI=1S/C18H24N4O3/c1-17(9-25-10-17)8-22-15(23)13-14(20(2)16(22)24)19-11-21(13)7-12-6-18(12)4-3-5-18/h11-12H,3-10H2,1-2H3. The molecule has 0 radical (unpaired) electrons. The summed E-state index contributed by atoms with van der Waals surface area (Å²) in [5.41, 5.74) is 0.954. The first-order chi connectivity index (χ1) is 11.9. The molecule has 1 saturated heterocycles. The molecule has 1 atom stereocenters. The van der Waals surface area contributed by atoms with E-state index in [9.17, 15) is 9.59 Å². The number of aryl methyl sites for hydroxylation is 1. The van der Waals surface area contributed by atoms with Crippen LogP contribution in [0.1, 0.15) is 32.6 Å². The van der Waals surface area contributed by atoms with Crippen LogP contribution < -0.4 is 11.2 Å². The third-order valence-electron chi connectivity index (χ3n) is 6.67. The number of hydrogen-bond donors (Lipinski definition) is 0. The van der Waals surface area contributed by atoms with Gasteiger partial charge in [0, 0.05) is 25.6 Å². The Morgan fingerprint density at radius 3 is 2.64 bits per heavy atom. The van der Waals surface area contributed by atoms with E-state index >= 15 is 0 Å². The smallest absolute Gasteiger partial charge is 0.332 e. The molecule has 2 aromatic rings. The van der Waals surface area contributed by atoms with Crippen LogP contribution in [0.4, 0.5) is 0 Å². The van der Waals surface area contributed by atoms with Crippen molar-refractivity contribution in [2.24, 2.45) is 23.8 Å². The summed E-state index contributed by atoms with van der Waals surface area (Å²) in [6, 6.07) is 0. The number of rotatable bonds is 4. The second-order valence-electron chi connectivity index (χ2n) is 8.72. The van der Waals surface area contributed by atoms with Crippen LogP contribution in [0.15, 0.2) is 15.9 Å². The monoisotopic (exact) mass is 344 g/mol. The van der Waals surface area contributed by atoms with Crippen LogP contribution in [0.3, 0.4) is 0 Å². The maximum absolute atomic E-state index is 13.1. The zero-order valence-electron chi connectivity index (χ0n) is 14.8. The van der Waals surface area contributed by atoms with Crippen LogP contribution in [0, 0.1) is 16.7 Å². The largest absolute Gasteiger partial charge is 0.380 e. The molecule has 2 saturated carbocycles. The molecule has 7 nitrogen and oxygen atoms in total. The molecule has 2 aliphatic carbocycles. The van der Waals surface area contributed by atoms with Gasteiger partial charge in [-0.05, 0) is 30.6 Å². The lowest BCUT2D eigenvalue weighted by atomic mass is 9.80. The lowest BCUT2D eigenvalue weighted by Crippen LogP contribution is -2.50. The first-order valence-electron chi connectivity index (χ1n) is 9.15. The summed E-state index contributed by atoms with van der Waals surface area (Å²) in [6.45, 7) is 4.46. The molecule has 1 aliphatic heterocycles. The minimum atomic E-state index is -0.294. The lowest BCUT2D eigenvalue weighted by Gasteiger charge is -2.38. The Kier molecular flexibility index (Phi) is 2.98. The zero-order chi connectivity index (χ0) is 17.4. The number of ether oxygens (including phenoxy) is 1. The van der Waals surface area contributed by atoms with Gasteiger partial charge in [0.1, 0.15) is 0 Å². The molecular weight excluding hydrogens is 320 g/mol. The average Bonchev–Trinajstić information content (AvgIpc) is 3.11. The Balaban J connectivity index is 1.57. The van der Waals surface area contributed by atoms with Crippen molar-refractivity contribution < 1.29 is 4.74 Å². The highest BCUT2D eigenvalue weighted by Gasteiger charge is 2.57. The second-order valence-corrected chi connectivity index (χ2v) is 8.72. The van der Waals surface area contributed by atoms with Crippen LogP contribution in [-0.2, 0) is 24.9 Å². The minimum Gasteiger partial charge on any atom is -0.380 e. The predicted molar refractivity (Wildman–Crippen MR) is 92.6 cm³/mol. The molecule has 3 heterocycles. The fourth-order valence-corrected chi connectivity index (χ4v) is 4.69. The topological polar surface area (TPSA) is 71.1 Å². The number of fused-ring (bicyclic) bond motifs is 1. The first kappa shape index (κ1) is 15.4. The SMILES string of the molecule is Cn1c(=O)n(CC2(C)COC2)c(=O)c2c1ncn2CC1CC12CCC2. The maximum atomic E-state index is 13.1. The van der Waals surface area contributed by atoms with E-state index in [0.717, 1.165) is 6.54 Å². The summed E-state index contributed by atoms with van der Waals surface area (Å²) in [5.74, 6) is 0.654. The van der Waals surface area contributed by atoms with Gasteiger partial charge in [0.2, 0.25) is 0 Å². The maximum Gasteiger partial charge on any atom is 0.332 e. The third kappa shape index (κ3) is 2.11. The molecular formula is C18H24N4O3. The van der Waals surface area contributed by atoms with E-state index in [0.29, 0.717) is 42.3 Å². The van der Waals surface area contributed by atoms with Crippen molar-refractivity contribution in [2.45, 2.75) is 45.7 Å². The molecule has 0 N–H and O–H groups in total. The summed E-state index contributed by atoms with van der Waals surface area (Å²) >= 11 is 0. The molecule has 25 heavy (non-hydrogen) atoms. The van der Waals surface area contributed by atoms with Gasteiger partial charge in [0.25, 0.3) is 5.56 Å². The van der Waals surface area contributed by atoms with Crippen LogP contribution in [-0.4, -0.2) is 31.9 Å². The van der Waals surface area contributed by atoms with Gasteiger partial charge >= 0.3 is 5.69 Å². The highest BCUT2D eigenvalue weighted by molar-refractivity contribution is 5.70. The summed E-state index contributed by atoms with van der Waals surface area (Å²) in [5, 5.41) is 0. The van der Waals surface area contributed by atoms with Crippen molar-refractivity contribution in [3.05, 3.63) is 27.2 Å². The van der Waals surface area contributed by atoms with E-state index in [1.54, 1.807) is 13.4 Å². The predicted octanol–water partition coefficient (Wildman–Crippen LogP) is 1.12. The van der Waals surface area contributed by atoms with Crippen LogP contribution in [0.5, 0.6) is 0 Å². The van der Waals surface area contributed by atoms with Crippen molar-refractivity contribution in [3.63, 3.8) is 0 Å². The van der Waals surface area contributed by atoms with Gasteiger partial charge in [-0.2, -0.15) is 0 Å². The number of nitrogens with zero attached hydrogens (tertiary/aromatic N) is 4. The summed E-state index contributed by atoms with van der Waals surface area (Å²) in [6.07, 6.45) is 6.98. The highest BCUT2D eigenvalue weighted by atomic mass is 16.5. The van der Waals surface area contributed by atoms with Crippen LogP contribution in [0.2, 0.25) is 0 Å². The molecule has 3 aliphatic rings. The average molecular weight is 344 g/mol. The number of imidazole rings is 1. The van der Waals surface area contributed by atoms with Gasteiger partial charge in [0.05, 0.1) is 19.5 Å². The Hall–Kier alpha value is -1.89. The number of hydrogen-bond acceptors (Lipinski definition) is 4. The first-order valence-corrected chi connectivity index (χ1v) is 9.15. The van der Waals surface area contributed by atoms with E-state index in [2.05, 4.69) is 11.9 Å². The third-order valence-corrected chi connectivity index (χ3v) is 6.67. The molecule has 2 aromatic heterocycles. The molecule has 1 spiro atoms. The quantitative estimate of drug-likeness (QED) is 0.833. The highest BCUT2D eigenvalue weighted by Crippen LogP contribution is 2.66. The number of aromatic nitrogens is 4. The van der Waals surface area contributed by atoms with E-state index in [-0.39, 0.29) is 16.7 Å². The van der Waals surface area contributed by atoms with E-state index < -0.39 is 0 Å². The molecule has 5 rings (SSSR count). The molecule has 0 aromatic carbocycles. The van der Waals surface area contributed by atoms with Crippen LogP contribution in [0.25, 0.3) is 11.2 Å². The van der Waals surface area contributed by atoms with Crippen molar-refractivity contribution in [2.75, 3.05) is 13.2 Å². The van der Waals surface area contributed by atoms with Gasteiger partial charge in [-0.3, -0.25) is 13.9 Å². The fraction of sp³-hybridized carbons (Fsp3) is 0.722. The van der Waals surface area contributed by atoms with Crippen molar-refractivity contribution in [1.82, 2.24) is 18.7 Å². The van der Waals surface area contributed by atoms with Crippen LogP contribution >= 0.6 is 0 Å². The van der Waals surface area contributed by atoms with Crippen molar-refractivity contribution in [3.8, 4) is 0 Å². The van der Waals surface area contributed by atoms with Gasteiger partial charge in [0.15, 0.2) is 11.2 Å². The van der Waals surface area contributed by atoms with E-state index in [1.165, 1.54) is 34.8 Å². The van der Waals surface area contributed by atoms with Gasteiger partial charge in [-0.1, -0.05) is 13.3 Å². The Morgan fingerprint density at radius 2 is 2.08 bits per heavy atom. The molecule has 0 amide bonds. The Bertz CT molecular complexity index is 975. The second kappa shape index (κ2) is 4.84. The molecule has 134 valence electrons. The summed E-state index contributed by atoms with van der Waals surface area (Å²) < 4.78 is 10.1. The molecule has 7 heteroatoms. The summed E-state index contributed by atoms with van der Waals surface area (Å²) in [4.78, 5) is 30.1. The zero-order valence-corrected chi connectivity index (χ0v) is 14.8. The molecule has 1 unspecified atom stereocenters. The van der Waals surface area contributed by atoms with Gasteiger partial charge < -0.3 is 9.30 Å². The Labute approximate surface area is 145 Å². The minimum absolute atomic E-state index is 0.138. The van der Waals surface area contributed by atoms with Crippen molar-refractivity contribution in [1.29, 1.82) is 0 Å². The molecule has 3 fully saturated rings. The normalized spacial score (nSPS) is 25.8. The van der Waals surface area contributed by atoms with E-state index in [1.807, 2.05) is 4.57 Å². The fourth-order valence-electron chi connectivity index (χ4n) is 4.69. The van der Waals surface area contributed by atoms with Gasteiger partial charge in [-0.25, -0.2) is 9.78 Å². The van der Waals surface area contributed by atoms with E-state index in [4.69, 9.17) is 4.74 Å². The summed E-state index contributed by atoms with van der Waals surface area (Å²) in [7, 11) is 1.70. The Morgan fingerprint density at radius 1 is 1.32 bits per heavy atom. The molecule has 0 bridgehead atoms. The lowest BCUT2D eigenvalue weighted by molar-refractivity contribution is -0.111.